The van der Waals surface area contributed by atoms with Crippen LogP contribution < -0.4 is 5.32 Å². The van der Waals surface area contributed by atoms with Crippen LogP contribution in [0.2, 0.25) is 0 Å². The first kappa shape index (κ1) is 13.3. The normalized spacial score (nSPS) is 11.3. The zero-order chi connectivity index (χ0) is 14.0. The third-order valence-corrected chi connectivity index (χ3v) is 3.74. The van der Waals surface area contributed by atoms with Gasteiger partial charge in [0.2, 0.25) is 0 Å². The zero-order valence-electron chi connectivity index (χ0n) is 10.5. The number of H-pyrrole nitrogens is 1. The van der Waals surface area contributed by atoms with Gasteiger partial charge in [-0.1, -0.05) is 0 Å². The minimum absolute atomic E-state index is 0.182. The summed E-state index contributed by atoms with van der Waals surface area (Å²) in [5, 5.41) is 9.12. The number of hydrogen-bond acceptors (Lipinski definition) is 4. The molecule has 0 radical (unpaired) electrons. The van der Waals surface area contributed by atoms with Gasteiger partial charge in [0.1, 0.15) is 5.82 Å². The molecular formula is C12H13N3O3S. The highest BCUT2D eigenvalue weighted by atomic mass is 32.2. The molecule has 1 amide bonds. The van der Waals surface area contributed by atoms with Crippen LogP contribution >= 0.6 is 0 Å². The van der Waals surface area contributed by atoms with Crippen molar-refractivity contribution in [1.82, 2.24) is 10.2 Å². The average Bonchev–Trinajstić information content (AvgIpc) is 2.74. The van der Waals surface area contributed by atoms with Gasteiger partial charge in [-0.15, -0.1) is 0 Å². The number of hydrogen-bond donors (Lipinski definition) is 2. The van der Waals surface area contributed by atoms with Crippen molar-refractivity contribution in [2.45, 2.75) is 11.8 Å². The average molecular weight is 279 g/mol. The van der Waals surface area contributed by atoms with Crippen LogP contribution in [0.3, 0.4) is 0 Å². The number of benzene rings is 1. The van der Waals surface area contributed by atoms with Gasteiger partial charge in [0.15, 0.2) is 9.84 Å². The Kier molecular flexibility index (Phi) is 3.39. The van der Waals surface area contributed by atoms with Crippen LogP contribution in [0.1, 0.15) is 15.9 Å². The number of rotatable bonds is 3. The number of aromatic nitrogens is 2. The fourth-order valence-electron chi connectivity index (χ4n) is 1.51. The van der Waals surface area contributed by atoms with E-state index in [-0.39, 0.29) is 10.8 Å². The second kappa shape index (κ2) is 4.85. The maximum Gasteiger partial charge on any atom is 0.256 e. The summed E-state index contributed by atoms with van der Waals surface area (Å²) < 4.78 is 22.6. The van der Waals surface area contributed by atoms with Crippen molar-refractivity contribution in [2.24, 2.45) is 0 Å². The summed E-state index contributed by atoms with van der Waals surface area (Å²) in [4.78, 5) is 12.1. The highest BCUT2D eigenvalue weighted by Gasteiger charge is 2.11. The molecule has 1 aromatic carbocycles. The van der Waals surface area contributed by atoms with Crippen LogP contribution in [0.4, 0.5) is 5.82 Å². The molecule has 2 rings (SSSR count). The summed E-state index contributed by atoms with van der Waals surface area (Å²) >= 11 is 0. The second-order valence-corrected chi connectivity index (χ2v) is 6.19. The first-order valence-corrected chi connectivity index (χ1v) is 7.38. The monoisotopic (exact) mass is 279 g/mol. The number of nitrogens with one attached hydrogen (secondary N) is 2. The van der Waals surface area contributed by atoms with Crippen molar-refractivity contribution in [1.29, 1.82) is 0 Å². The van der Waals surface area contributed by atoms with Gasteiger partial charge in [-0.25, -0.2) is 8.42 Å². The van der Waals surface area contributed by atoms with E-state index in [2.05, 4.69) is 15.5 Å². The van der Waals surface area contributed by atoms with Gasteiger partial charge in [-0.3, -0.25) is 9.89 Å². The summed E-state index contributed by atoms with van der Waals surface area (Å²) in [6.07, 6.45) is 2.72. The first-order valence-electron chi connectivity index (χ1n) is 5.49. The fraction of sp³-hybridized carbons (Fsp3) is 0.167. The Morgan fingerprint density at radius 2 is 1.89 bits per heavy atom. The lowest BCUT2D eigenvalue weighted by Gasteiger charge is -2.04. The maximum atomic E-state index is 11.9. The summed E-state index contributed by atoms with van der Waals surface area (Å²) in [7, 11) is -3.25. The Hall–Kier alpha value is -2.15. The molecule has 0 saturated heterocycles. The molecule has 2 aromatic rings. The molecule has 0 aliphatic heterocycles. The van der Waals surface area contributed by atoms with E-state index < -0.39 is 9.84 Å². The molecule has 1 heterocycles. The summed E-state index contributed by atoms with van der Waals surface area (Å²) in [6, 6.07) is 5.75. The van der Waals surface area contributed by atoms with E-state index in [4.69, 9.17) is 0 Å². The fourth-order valence-corrected chi connectivity index (χ4v) is 2.14. The number of sulfone groups is 1. The molecule has 0 unspecified atom stereocenters. The summed E-state index contributed by atoms with van der Waals surface area (Å²) in [6.45, 7) is 1.81. The minimum Gasteiger partial charge on any atom is -0.307 e. The van der Waals surface area contributed by atoms with Crippen LogP contribution in [-0.2, 0) is 9.84 Å². The molecule has 2 N–H and O–H groups in total. The third kappa shape index (κ3) is 3.00. The molecule has 0 aliphatic carbocycles. The van der Waals surface area contributed by atoms with Gasteiger partial charge < -0.3 is 5.32 Å². The summed E-state index contributed by atoms with van der Waals surface area (Å²) in [5.41, 5.74) is 1.20. The topological polar surface area (TPSA) is 91.9 Å². The highest BCUT2D eigenvalue weighted by Crippen LogP contribution is 2.13. The van der Waals surface area contributed by atoms with Gasteiger partial charge in [0, 0.05) is 17.4 Å². The number of carbonyl (C=O) groups is 1. The largest absolute Gasteiger partial charge is 0.307 e. The number of amides is 1. The lowest BCUT2D eigenvalue weighted by atomic mass is 10.2. The Bertz CT molecular complexity index is 702. The molecule has 100 valence electrons. The van der Waals surface area contributed by atoms with Crippen molar-refractivity contribution in [3.8, 4) is 0 Å². The van der Waals surface area contributed by atoms with Gasteiger partial charge >= 0.3 is 0 Å². The minimum atomic E-state index is -3.25. The van der Waals surface area contributed by atoms with Crippen LogP contribution in [0.25, 0.3) is 0 Å². The maximum absolute atomic E-state index is 11.9. The quantitative estimate of drug-likeness (QED) is 0.887. The SMILES string of the molecule is Cc1cn[nH]c1NC(=O)c1ccc(S(C)(=O)=O)cc1. The predicted molar refractivity (Wildman–Crippen MR) is 70.8 cm³/mol. The van der Waals surface area contributed by atoms with Crippen LogP contribution in [-0.4, -0.2) is 30.8 Å². The number of anilines is 1. The molecule has 7 heteroatoms. The molecule has 6 nitrogen and oxygen atoms in total. The number of aryl methyl sites for hydroxylation is 1. The Morgan fingerprint density at radius 1 is 1.26 bits per heavy atom. The molecular weight excluding hydrogens is 266 g/mol. The number of carbonyl (C=O) groups excluding carboxylic acids is 1. The number of nitrogens with zero attached hydrogens (tertiary/aromatic N) is 1. The molecule has 1 aromatic heterocycles. The van der Waals surface area contributed by atoms with Crippen molar-refractivity contribution in [2.75, 3.05) is 11.6 Å². The van der Waals surface area contributed by atoms with Crippen molar-refractivity contribution >= 4 is 21.6 Å². The molecule has 19 heavy (non-hydrogen) atoms. The van der Waals surface area contributed by atoms with E-state index in [0.717, 1.165) is 11.8 Å². The standard InChI is InChI=1S/C12H13N3O3S/c1-8-7-13-15-11(8)14-12(16)9-3-5-10(6-4-9)19(2,17)18/h3-7H,1-2H3,(H2,13,14,15,16). The lowest BCUT2D eigenvalue weighted by molar-refractivity contribution is 0.102. The van der Waals surface area contributed by atoms with Crippen molar-refractivity contribution in [3.63, 3.8) is 0 Å². The second-order valence-electron chi connectivity index (χ2n) is 4.18. The Morgan fingerprint density at radius 3 is 2.37 bits per heavy atom. The zero-order valence-corrected chi connectivity index (χ0v) is 11.3. The highest BCUT2D eigenvalue weighted by molar-refractivity contribution is 7.90. The van der Waals surface area contributed by atoms with E-state index in [1.54, 1.807) is 6.20 Å². The van der Waals surface area contributed by atoms with Crippen molar-refractivity contribution < 1.29 is 13.2 Å². The third-order valence-electron chi connectivity index (χ3n) is 2.61. The van der Waals surface area contributed by atoms with E-state index in [1.807, 2.05) is 6.92 Å². The molecule has 0 atom stereocenters. The van der Waals surface area contributed by atoms with E-state index in [9.17, 15) is 13.2 Å². The Labute approximate surface area is 110 Å². The predicted octanol–water partition coefficient (Wildman–Crippen LogP) is 1.37. The summed E-state index contributed by atoms with van der Waals surface area (Å²) in [5.74, 6) is 0.199. The van der Waals surface area contributed by atoms with Gasteiger partial charge in [0.25, 0.3) is 5.91 Å². The molecule has 0 fully saturated rings. The molecule has 0 saturated carbocycles. The van der Waals surface area contributed by atoms with Gasteiger partial charge in [-0.05, 0) is 31.2 Å². The van der Waals surface area contributed by atoms with Crippen LogP contribution in [0.5, 0.6) is 0 Å². The van der Waals surface area contributed by atoms with Crippen molar-refractivity contribution in [3.05, 3.63) is 41.6 Å². The lowest BCUT2D eigenvalue weighted by Crippen LogP contribution is -2.13. The molecule has 0 spiro atoms. The van der Waals surface area contributed by atoms with Crippen LogP contribution in [0.15, 0.2) is 35.4 Å². The van der Waals surface area contributed by atoms with E-state index in [0.29, 0.717) is 11.4 Å². The smallest absolute Gasteiger partial charge is 0.256 e. The number of aromatic amines is 1. The van der Waals surface area contributed by atoms with Gasteiger partial charge in [0.05, 0.1) is 11.1 Å². The van der Waals surface area contributed by atoms with E-state index >= 15 is 0 Å². The van der Waals surface area contributed by atoms with E-state index in [1.165, 1.54) is 24.3 Å². The molecule has 0 bridgehead atoms. The van der Waals surface area contributed by atoms with Gasteiger partial charge in [-0.2, -0.15) is 5.10 Å². The Balaban J connectivity index is 2.19. The molecule has 0 aliphatic rings. The first-order chi connectivity index (χ1) is 8.88. The van der Waals surface area contributed by atoms with Crippen LogP contribution in [0, 0.1) is 6.92 Å².